The minimum absolute atomic E-state index is 0.246. The standard InChI is InChI=1S/C14H21N3O2/c1-3-14(19,4-2)9-16-13(18)11-7-8-15-12(17-11)10-5-6-10/h7-8,10,19H,3-6,9H2,1-2H3,(H,16,18). The summed E-state index contributed by atoms with van der Waals surface area (Å²) in [7, 11) is 0. The van der Waals surface area contributed by atoms with Gasteiger partial charge in [-0.2, -0.15) is 0 Å². The van der Waals surface area contributed by atoms with Crippen molar-refractivity contribution < 1.29 is 9.90 Å². The molecule has 2 N–H and O–H groups in total. The second-order valence-electron chi connectivity index (χ2n) is 5.19. The lowest BCUT2D eigenvalue weighted by Gasteiger charge is -2.25. The third-order valence-electron chi connectivity index (χ3n) is 3.74. The van der Waals surface area contributed by atoms with Gasteiger partial charge in [0, 0.05) is 18.7 Å². The lowest BCUT2D eigenvalue weighted by Crippen LogP contribution is -2.42. The number of aromatic nitrogens is 2. The predicted molar refractivity (Wildman–Crippen MR) is 71.9 cm³/mol. The van der Waals surface area contributed by atoms with E-state index in [0.717, 1.165) is 18.7 Å². The van der Waals surface area contributed by atoms with Crippen molar-refractivity contribution in [1.29, 1.82) is 0 Å². The molecule has 5 nitrogen and oxygen atoms in total. The first-order valence-corrected chi connectivity index (χ1v) is 6.91. The molecule has 0 bridgehead atoms. The van der Waals surface area contributed by atoms with E-state index in [1.54, 1.807) is 12.3 Å². The molecule has 1 aromatic rings. The molecule has 0 aromatic carbocycles. The summed E-state index contributed by atoms with van der Waals surface area (Å²) in [5.41, 5.74) is -0.450. The highest BCUT2D eigenvalue weighted by molar-refractivity contribution is 5.92. The molecular formula is C14H21N3O2. The highest BCUT2D eigenvalue weighted by Gasteiger charge is 2.27. The number of hydrogen-bond acceptors (Lipinski definition) is 4. The molecule has 0 atom stereocenters. The van der Waals surface area contributed by atoms with E-state index in [9.17, 15) is 9.90 Å². The van der Waals surface area contributed by atoms with Gasteiger partial charge in [0.05, 0.1) is 5.60 Å². The first kappa shape index (κ1) is 13.9. The Morgan fingerprint density at radius 2 is 2.16 bits per heavy atom. The first-order chi connectivity index (χ1) is 9.08. The number of nitrogens with one attached hydrogen (secondary N) is 1. The van der Waals surface area contributed by atoms with E-state index in [0.29, 0.717) is 24.5 Å². The molecule has 2 rings (SSSR count). The average molecular weight is 263 g/mol. The second-order valence-corrected chi connectivity index (χ2v) is 5.19. The second kappa shape index (κ2) is 5.65. The van der Waals surface area contributed by atoms with Crippen molar-refractivity contribution in [2.24, 2.45) is 0 Å². The maximum absolute atomic E-state index is 12.0. The summed E-state index contributed by atoms with van der Waals surface area (Å²) >= 11 is 0. The fourth-order valence-corrected chi connectivity index (χ4v) is 1.87. The normalized spacial score (nSPS) is 15.3. The van der Waals surface area contributed by atoms with Gasteiger partial charge in [-0.05, 0) is 31.7 Å². The number of nitrogens with zero attached hydrogens (tertiary/aromatic N) is 2. The number of hydrogen-bond donors (Lipinski definition) is 2. The van der Waals surface area contributed by atoms with E-state index in [-0.39, 0.29) is 12.5 Å². The quantitative estimate of drug-likeness (QED) is 0.818. The molecule has 1 fully saturated rings. The molecule has 1 aromatic heterocycles. The molecule has 0 saturated heterocycles. The monoisotopic (exact) mass is 263 g/mol. The summed E-state index contributed by atoms with van der Waals surface area (Å²) in [6.07, 6.45) is 5.07. The number of amides is 1. The van der Waals surface area contributed by atoms with Crippen molar-refractivity contribution in [3.63, 3.8) is 0 Å². The summed E-state index contributed by atoms with van der Waals surface area (Å²) in [6.45, 7) is 4.07. The zero-order chi connectivity index (χ0) is 13.9. The van der Waals surface area contributed by atoms with Crippen LogP contribution in [0.25, 0.3) is 0 Å². The van der Waals surface area contributed by atoms with Crippen LogP contribution in [0, 0.1) is 0 Å². The SMILES string of the molecule is CCC(O)(CC)CNC(=O)c1ccnc(C2CC2)n1. The van der Waals surface area contributed by atoms with Crippen molar-refractivity contribution in [1.82, 2.24) is 15.3 Å². The molecule has 0 radical (unpaired) electrons. The van der Waals surface area contributed by atoms with Crippen molar-refractivity contribution >= 4 is 5.91 Å². The highest BCUT2D eigenvalue weighted by Crippen LogP contribution is 2.37. The number of rotatable bonds is 6. The van der Waals surface area contributed by atoms with Crippen molar-refractivity contribution in [2.45, 2.75) is 51.0 Å². The van der Waals surface area contributed by atoms with Crippen molar-refractivity contribution in [3.8, 4) is 0 Å². The lowest BCUT2D eigenvalue weighted by molar-refractivity contribution is 0.0313. The summed E-state index contributed by atoms with van der Waals surface area (Å²) in [5.74, 6) is 0.939. The zero-order valence-electron chi connectivity index (χ0n) is 11.5. The third-order valence-corrected chi connectivity index (χ3v) is 3.74. The molecule has 0 unspecified atom stereocenters. The van der Waals surface area contributed by atoms with E-state index < -0.39 is 5.60 Å². The Morgan fingerprint density at radius 1 is 1.47 bits per heavy atom. The molecule has 0 spiro atoms. The van der Waals surface area contributed by atoms with E-state index in [2.05, 4.69) is 15.3 Å². The van der Waals surface area contributed by atoms with Crippen LogP contribution in [-0.2, 0) is 0 Å². The van der Waals surface area contributed by atoms with Crippen LogP contribution < -0.4 is 5.32 Å². The fraction of sp³-hybridized carbons (Fsp3) is 0.643. The molecule has 19 heavy (non-hydrogen) atoms. The van der Waals surface area contributed by atoms with Gasteiger partial charge in [0.1, 0.15) is 11.5 Å². The molecular weight excluding hydrogens is 242 g/mol. The summed E-state index contributed by atoms with van der Waals surface area (Å²) in [5, 5.41) is 12.9. The predicted octanol–water partition coefficient (Wildman–Crippen LogP) is 1.63. The number of aliphatic hydroxyl groups is 1. The summed E-state index contributed by atoms with van der Waals surface area (Å²) < 4.78 is 0. The first-order valence-electron chi connectivity index (χ1n) is 6.91. The van der Waals surface area contributed by atoms with Crippen molar-refractivity contribution in [2.75, 3.05) is 6.54 Å². The van der Waals surface area contributed by atoms with Crippen LogP contribution in [0.15, 0.2) is 12.3 Å². The van der Waals surface area contributed by atoms with Crippen LogP contribution in [0.5, 0.6) is 0 Å². The largest absolute Gasteiger partial charge is 0.388 e. The van der Waals surface area contributed by atoms with Gasteiger partial charge in [0.2, 0.25) is 0 Å². The van der Waals surface area contributed by atoms with Crippen LogP contribution in [-0.4, -0.2) is 33.1 Å². The van der Waals surface area contributed by atoms with Gasteiger partial charge < -0.3 is 10.4 Å². The van der Waals surface area contributed by atoms with Gasteiger partial charge in [-0.3, -0.25) is 4.79 Å². The van der Waals surface area contributed by atoms with Crippen LogP contribution in [0.3, 0.4) is 0 Å². The summed E-state index contributed by atoms with van der Waals surface area (Å²) in [4.78, 5) is 20.5. The smallest absolute Gasteiger partial charge is 0.270 e. The molecule has 1 amide bonds. The fourth-order valence-electron chi connectivity index (χ4n) is 1.87. The number of carbonyl (C=O) groups is 1. The average Bonchev–Trinajstić information content (AvgIpc) is 3.29. The Morgan fingerprint density at radius 3 is 2.74 bits per heavy atom. The molecule has 1 aliphatic rings. The van der Waals surface area contributed by atoms with Gasteiger partial charge >= 0.3 is 0 Å². The Balaban J connectivity index is 1.97. The molecule has 1 heterocycles. The van der Waals surface area contributed by atoms with Crippen LogP contribution >= 0.6 is 0 Å². The maximum atomic E-state index is 12.0. The van der Waals surface area contributed by atoms with E-state index >= 15 is 0 Å². The number of carbonyl (C=O) groups excluding carboxylic acids is 1. The van der Waals surface area contributed by atoms with Gasteiger partial charge in [0.15, 0.2) is 0 Å². The highest BCUT2D eigenvalue weighted by atomic mass is 16.3. The third kappa shape index (κ3) is 3.50. The Hall–Kier alpha value is -1.49. The van der Waals surface area contributed by atoms with Gasteiger partial charge in [-0.15, -0.1) is 0 Å². The molecule has 1 aliphatic carbocycles. The van der Waals surface area contributed by atoms with Gasteiger partial charge in [-0.25, -0.2) is 9.97 Å². The van der Waals surface area contributed by atoms with Crippen molar-refractivity contribution in [3.05, 3.63) is 23.8 Å². The Kier molecular flexibility index (Phi) is 4.14. The Bertz CT molecular complexity index is 454. The van der Waals surface area contributed by atoms with Gasteiger partial charge in [0.25, 0.3) is 5.91 Å². The van der Waals surface area contributed by atoms with Crippen LogP contribution in [0.1, 0.15) is 61.8 Å². The van der Waals surface area contributed by atoms with Crippen LogP contribution in [0.4, 0.5) is 0 Å². The molecule has 0 aliphatic heterocycles. The molecule has 1 saturated carbocycles. The molecule has 5 heteroatoms. The maximum Gasteiger partial charge on any atom is 0.270 e. The summed E-state index contributed by atoms with van der Waals surface area (Å²) in [6, 6.07) is 1.61. The van der Waals surface area contributed by atoms with E-state index in [1.165, 1.54) is 0 Å². The lowest BCUT2D eigenvalue weighted by atomic mass is 9.97. The van der Waals surface area contributed by atoms with Crippen LogP contribution in [0.2, 0.25) is 0 Å². The topological polar surface area (TPSA) is 75.1 Å². The van der Waals surface area contributed by atoms with E-state index in [1.807, 2.05) is 13.8 Å². The van der Waals surface area contributed by atoms with E-state index in [4.69, 9.17) is 0 Å². The minimum atomic E-state index is -0.831. The van der Waals surface area contributed by atoms with Gasteiger partial charge in [-0.1, -0.05) is 13.8 Å². The zero-order valence-corrected chi connectivity index (χ0v) is 11.5. The Labute approximate surface area is 113 Å². The minimum Gasteiger partial charge on any atom is -0.388 e. The molecule has 104 valence electrons.